The first-order valence-electron chi connectivity index (χ1n) is 10.8. The number of sulfone groups is 1. The van der Waals surface area contributed by atoms with Gasteiger partial charge in [0.25, 0.3) is 5.91 Å². The van der Waals surface area contributed by atoms with Gasteiger partial charge in [-0.3, -0.25) is 9.78 Å². The number of anilines is 1. The van der Waals surface area contributed by atoms with E-state index in [-0.39, 0.29) is 22.0 Å². The van der Waals surface area contributed by atoms with Gasteiger partial charge in [0.15, 0.2) is 27.5 Å². The molecule has 32 heavy (non-hydrogen) atoms. The number of carbonyl (C=O) groups is 1. The maximum Gasteiger partial charge on any atom is 0.279 e. The van der Waals surface area contributed by atoms with Gasteiger partial charge in [-0.25, -0.2) is 13.4 Å². The van der Waals surface area contributed by atoms with E-state index in [2.05, 4.69) is 20.4 Å². The van der Waals surface area contributed by atoms with E-state index in [9.17, 15) is 13.2 Å². The Kier molecular flexibility index (Phi) is 5.64. The number of aromatic nitrogens is 2. The van der Waals surface area contributed by atoms with Crippen LogP contribution >= 0.6 is 0 Å². The van der Waals surface area contributed by atoms with Gasteiger partial charge >= 0.3 is 0 Å². The van der Waals surface area contributed by atoms with Gasteiger partial charge in [-0.1, -0.05) is 17.3 Å². The standard InChI is InChI=1S/C22H24N4O5S/c27-22(25-20-12-23-19(11-24-20)14-1-2-14)21(26-31-16-9-10-30-13-16)15-3-5-17(6-4-15)32(28,29)18-7-8-18/h3-6,11-12,14,16,18H,1-2,7-10,13H2,(H,24,25,27)/b26-21+/t16-/m1/s1. The van der Waals surface area contributed by atoms with Crippen LogP contribution in [0, 0.1) is 0 Å². The highest BCUT2D eigenvalue weighted by molar-refractivity contribution is 7.92. The topological polar surface area (TPSA) is 120 Å². The Morgan fingerprint density at radius 3 is 2.44 bits per heavy atom. The molecule has 1 saturated heterocycles. The van der Waals surface area contributed by atoms with Gasteiger partial charge in [0, 0.05) is 17.9 Å². The molecule has 0 radical (unpaired) electrons. The number of nitrogens with zero attached hydrogens (tertiary/aromatic N) is 3. The number of ether oxygens (including phenoxy) is 1. The van der Waals surface area contributed by atoms with Crippen molar-refractivity contribution in [2.24, 2.45) is 5.16 Å². The summed E-state index contributed by atoms with van der Waals surface area (Å²) in [5, 5.41) is 6.50. The Labute approximate surface area is 186 Å². The van der Waals surface area contributed by atoms with Gasteiger partial charge < -0.3 is 14.9 Å². The van der Waals surface area contributed by atoms with Crippen molar-refractivity contribution in [2.45, 2.75) is 54.3 Å². The average molecular weight is 457 g/mol. The number of carbonyl (C=O) groups excluding carboxylic acids is 1. The monoisotopic (exact) mass is 456 g/mol. The van der Waals surface area contributed by atoms with E-state index in [1.54, 1.807) is 18.3 Å². The first kappa shape index (κ1) is 21.0. The fourth-order valence-electron chi connectivity index (χ4n) is 3.49. The number of nitrogens with one attached hydrogen (secondary N) is 1. The molecule has 1 N–H and O–H groups in total. The lowest BCUT2D eigenvalue weighted by Gasteiger charge is -2.11. The zero-order chi connectivity index (χ0) is 22.1. The summed E-state index contributed by atoms with van der Waals surface area (Å²) in [6.07, 6.45) is 7.27. The second-order valence-electron chi connectivity index (χ2n) is 8.35. The van der Waals surface area contributed by atoms with Crippen LogP contribution in [0.1, 0.15) is 49.3 Å². The molecular weight excluding hydrogens is 432 g/mol. The minimum atomic E-state index is -3.31. The molecule has 3 aliphatic rings. The third-order valence-corrected chi connectivity index (χ3v) is 8.00. The lowest BCUT2D eigenvalue weighted by Crippen LogP contribution is -2.26. The molecule has 2 aromatic rings. The molecule has 9 nitrogen and oxygen atoms in total. The van der Waals surface area contributed by atoms with E-state index >= 15 is 0 Å². The summed E-state index contributed by atoms with van der Waals surface area (Å²) in [5.74, 6) is 0.260. The van der Waals surface area contributed by atoms with Crippen LogP contribution in [0.3, 0.4) is 0 Å². The molecular formula is C22H24N4O5S. The molecule has 0 bridgehead atoms. The van der Waals surface area contributed by atoms with E-state index in [1.165, 1.54) is 18.3 Å². The van der Waals surface area contributed by atoms with Crippen LogP contribution in [0.15, 0.2) is 46.7 Å². The Bertz CT molecular complexity index is 1120. The lowest BCUT2D eigenvalue weighted by atomic mass is 10.1. The van der Waals surface area contributed by atoms with E-state index in [4.69, 9.17) is 9.57 Å². The van der Waals surface area contributed by atoms with Gasteiger partial charge in [-0.05, 0) is 37.8 Å². The zero-order valence-corrected chi connectivity index (χ0v) is 18.3. The number of hydrogen-bond donors (Lipinski definition) is 1. The average Bonchev–Trinajstić information content (AvgIpc) is 3.73. The van der Waals surface area contributed by atoms with Gasteiger partial charge in [0.1, 0.15) is 0 Å². The Morgan fingerprint density at radius 2 is 1.84 bits per heavy atom. The molecule has 1 aromatic heterocycles. The molecule has 1 amide bonds. The lowest BCUT2D eigenvalue weighted by molar-refractivity contribution is -0.110. The third kappa shape index (κ3) is 4.66. The van der Waals surface area contributed by atoms with E-state index in [1.807, 2.05) is 0 Å². The summed E-state index contributed by atoms with van der Waals surface area (Å²) in [6.45, 7) is 0.990. The predicted molar refractivity (Wildman–Crippen MR) is 116 cm³/mol. The molecule has 1 atom stereocenters. The maximum atomic E-state index is 13.0. The van der Waals surface area contributed by atoms with Crippen LogP contribution in [0.5, 0.6) is 0 Å². The van der Waals surface area contributed by atoms with Crippen molar-refractivity contribution in [2.75, 3.05) is 18.5 Å². The molecule has 2 aliphatic carbocycles. The first-order chi connectivity index (χ1) is 15.5. The van der Waals surface area contributed by atoms with Crippen molar-refractivity contribution in [1.29, 1.82) is 0 Å². The van der Waals surface area contributed by atoms with Crippen molar-refractivity contribution < 1.29 is 22.8 Å². The third-order valence-electron chi connectivity index (χ3n) is 5.72. The summed E-state index contributed by atoms with van der Waals surface area (Å²) in [5.41, 5.74) is 1.40. The highest BCUT2D eigenvalue weighted by Gasteiger charge is 2.36. The van der Waals surface area contributed by atoms with Crippen molar-refractivity contribution in [3.05, 3.63) is 47.9 Å². The fraction of sp³-hybridized carbons (Fsp3) is 0.455. The molecule has 2 heterocycles. The summed E-state index contributed by atoms with van der Waals surface area (Å²) in [6, 6.07) is 6.16. The molecule has 2 saturated carbocycles. The summed E-state index contributed by atoms with van der Waals surface area (Å²) < 4.78 is 30.2. The predicted octanol–water partition coefficient (Wildman–Crippen LogP) is 2.44. The molecule has 0 unspecified atom stereocenters. The highest BCUT2D eigenvalue weighted by atomic mass is 32.2. The summed E-state index contributed by atoms with van der Waals surface area (Å²) in [4.78, 5) is 27.4. The summed E-state index contributed by atoms with van der Waals surface area (Å²) >= 11 is 0. The van der Waals surface area contributed by atoms with Gasteiger partial charge in [0.2, 0.25) is 0 Å². The number of hydrogen-bond acceptors (Lipinski definition) is 8. The van der Waals surface area contributed by atoms with Gasteiger partial charge in [0.05, 0.1) is 41.4 Å². The normalized spacial score (nSPS) is 21.4. The minimum absolute atomic E-state index is 0.0281. The van der Waals surface area contributed by atoms with Crippen molar-refractivity contribution in [3.8, 4) is 0 Å². The smallest absolute Gasteiger partial charge is 0.279 e. The molecule has 10 heteroatoms. The largest absolute Gasteiger partial charge is 0.389 e. The van der Waals surface area contributed by atoms with Crippen LogP contribution in [0.2, 0.25) is 0 Å². The molecule has 168 valence electrons. The SMILES string of the molecule is O=C(Nc1cnc(C2CC2)cn1)/C(=N/O[C@@H]1CCOC1)c1ccc(S(=O)(=O)C2CC2)cc1. The van der Waals surface area contributed by atoms with Crippen molar-refractivity contribution in [3.63, 3.8) is 0 Å². The highest BCUT2D eigenvalue weighted by Crippen LogP contribution is 2.38. The molecule has 0 spiro atoms. The Hall–Kier alpha value is -2.85. The van der Waals surface area contributed by atoms with E-state index in [0.29, 0.717) is 49.8 Å². The molecule has 5 rings (SSSR count). The quantitative estimate of drug-likeness (QED) is 0.478. The van der Waals surface area contributed by atoms with E-state index in [0.717, 1.165) is 18.5 Å². The molecule has 1 aliphatic heterocycles. The number of benzene rings is 1. The first-order valence-corrected chi connectivity index (χ1v) is 12.3. The minimum Gasteiger partial charge on any atom is -0.389 e. The van der Waals surface area contributed by atoms with Crippen LogP contribution in [-0.4, -0.2) is 54.6 Å². The van der Waals surface area contributed by atoms with Crippen molar-refractivity contribution >= 4 is 27.3 Å². The molecule has 1 aromatic carbocycles. The summed E-state index contributed by atoms with van der Waals surface area (Å²) in [7, 11) is -3.31. The van der Waals surface area contributed by atoms with Gasteiger partial charge in [-0.15, -0.1) is 0 Å². The second kappa shape index (κ2) is 8.59. The number of rotatable bonds is 8. The van der Waals surface area contributed by atoms with Crippen LogP contribution in [-0.2, 0) is 24.2 Å². The molecule has 3 fully saturated rings. The fourth-order valence-corrected chi connectivity index (χ4v) is 5.15. The Balaban J connectivity index is 1.36. The number of oxime groups is 1. The van der Waals surface area contributed by atoms with Gasteiger partial charge in [-0.2, -0.15) is 0 Å². The number of amides is 1. The Morgan fingerprint density at radius 1 is 1.06 bits per heavy atom. The maximum absolute atomic E-state index is 13.0. The van der Waals surface area contributed by atoms with Crippen LogP contribution in [0.25, 0.3) is 0 Å². The second-order valence-corrected chi connectivity index (χ2v) is 10.6. The zero-order valence-electron chi connectivity index (χ0n) is 17.4. The van der Waals surface area contributed by atoms with Crippen LogP contribution < -0.4 is 5.32 Å². The van der Waals surface area contributed by atoms with Crippen molar-refractivity contribution in [1.82, 2.24) is 9.97 Å². The van der Waals surface area contributed by atoms with Crippen LogP contribution in [0.4, 0.5) is 5.82 Å². The van der Waals surface area contributed by atoms with E-state index < -0.39 is 15.7 Å².